The predicted octanol–water partition coefficient (Wildman–Crippen LogP) is 2.05. The molecule has 0 aliphatic carbocycles. The maximum absolute atomic E-state index is 12.0. The molecular weight excluding hydrogens is 264 g/mol. The SMILES string of the molecule is CN(C)c1cc(Cn2nc(C(C)(C)C)ccc2=O)ccn1. The number of hydrogen-bond acceptors (Lipinski definition) is 4. The average molecular weight is 286 g/mol. The van der Waals surface area contributed by atoms with Gasteiger partial charge >= 0.3 is 0 Å². The van der Waals surface area contributed by atoms with Crippen molar-refractivity contribution in [3.63, 3.8) is 0 Å². The highest BCUT2D eigenvalue weighted by Gasteiger charge is 2.16. The van der Waals surface area contributed by atoms with Crippen molar-refractivity contribution in [2.24, 2.45) is 0 Å². The van der Waals surface area contributed by atoms with Crippen molar-refractivity contribution in [1.29, 1.82) is 0 Å². The fourth-order valence-electron chi connectivity index (χ4n) is 1.94. The molecule has 0 aliphatic heterocycles. The van der Waals surface area contributed by atoms with Gasteiger partial charge in [0.15, 0.2) is 0 Å². The molecule has 2 rings (SSSR count). The van der Waals surface area contributed by atoms with E-state index in [1.165, 1.54) is 4.68 Å². The first-order valence-corrected chi connectivity index (χ1v) is 6.98. The van der Waals surface area contributed by atoms with Crippen LogP contribution in [-0.2, 0) is 12.0 Å². The molecule has 0 atom stereocenters. The zero-order valence-electron chi connectivity index (χ0n) is 13.3. The Kier molecular flexibility index (Phi) is 4.11. The molecule has 112 valence electrons. The summed E-state index contributed by atoms with van der Waals surface area (Å²) in [5.41, 5.74) is 1.74. The summed E-state index contributed by atoms with van der Waals surface area (Å²) in [6, 6.07) is 7.26. The van der Waals surface area contributed by atoms with Crippen LogP contribution in [-0.4, -0.2) is 28.9 Å². The summed E-state index contributed by atoms with van der Waals surface area (Å²) in [4.78, 5) is 18.2. The van der Waals surface area contributed by atoms with Gasteiger partial charge in [0.1, 0.15) is 5.82 Å². The van der Waals surface area contributed by atoms with Crippen LogP contribution in [0.5, 0.6) is 0 Å². The average Bonchev–Trinajstić information content (AvgIpc) is 2.40. The second-order valence-electron chi connectivity index (χ2n) is 6.38. The van der Waals surface area contributed by atoms with Gasteiger partial charge < -0.3 is 4.90 Å². The van der Waals surface area contributed by atoms with E-state index in [0.29, 0.717) is 6.54 Å². The number of aromatic nitrogens is 3. The molecule has 0 amide bonds. The second kappa shape index (κ2) is 5.68. The Balaban J connectivity index is 2.35. The van der Waals surface area contributed by atoms with Crippen LogP contribution < -0.4 is 10.5 Å². The number of nitrogens with zero attached hydrogens (tertiary/aromatic N) is 4. The summed E-state index contributed by atoms with van der Waals surface area (Å²) < 4.78 is 1.51. The van der Waals surface area contributed by atoms with Gasteiger partial charge in [0, 0.05) is 31.8 Å². The summed E-state index contributed by atoms with van der Waals surface area (Å²) in [5.74, 6) is 0.868. The lowest BCUT2D eigenvalue weighted by molar-refractivity contribution is 0.517. The first kappa shape index (κ1) is 15.2. The van der Waals surface area contributed by atoms with Gasteiger partial charge in [0.2, 0.25) is 0 Å². The van der Waals surface area contributed by atoms with Crippen molar-refractivity contribution >= 4 is 5.82 Å². The van der Waals surface area contributed by atoms with Gasteiger partial charge in [-0.1, -0.05) is 20.8 Å². The van der Waals surface area contributed by atoms with Crippen LogP contribution in [0.15, 0.2) is 35.3 Å². The smallest absolute Gasteiger partial charge is 0.267 e. The van der Waals surface area contributed by atoms with Crippen molar-refractivity contribution in [2.45, 2.75) is 32.7 Å². The molecule has 21 heavy (non-hydrogen) atoms. The van der Waals surface area contributed by atoms with E-state index in [0.717, 1.165) is 17.1 Å². The van der Waals surface area contributed by atoms with Gasteiger partial charge in [-0.2, -0.15) is 5.10 Å². The van der Waals surface area contributed by atoms with Crippen LogP contribution in [0.1, 0.15) is 32.0 Å². The topological polar surface area (TPSA) is 51.0 Å². The predicted molar refractivity (Wildman–Crippen MR) is 84.9 cm³/mol. The highest BCUT2D eigenvalue weighted by Crippen LogP contribution is 2.18. The minimum atomic E-state index is -0.0915. The fourth-order valence-corrected chi connectivity index (χ4v) is 1.94. The Hall–Kier alpha value is -2.17. The molecule has 0 unspecified atom stereocenters. The standard InChI is InChI=1S/C16H22N4O/c1-16(2,3)13-6-7-15(21)20(18-13)11-12-8-9-17-14(10-12)19(4)5/h6-10H,11H2,1-5H3. The molecular formula is C16H22N4O. The molecule has 0 spiro atoms. The molecule has 0 saturated carbocycles. The van der Waals surface area contributed by atoms with Crippen molar-refractivity contribution in [3.8, 4) is 0 Å². The largest absolute Gasteiger partial charge is 0.363 e. The third kappa shape index (κ3) is 3.68. The summed E-state index contributed by atoms with van der Waals surface area (Å²) in [5, 5.41) is 4.48. The van der Waals surface area contributed by atoms with E-state index in [1.807, 2.05) is 31.1 Å². The minimum Gasteiger partial charge on any atom is -0.363 e. The van der Waals surface area contributed by atoms with Crippen molar-refractivity contribution in [3.05, 3.63) is 52.1 Å². The lowest BCUT2D eigenvalue weighted by Crippen LogP contribution is -2.27. The molecule has 2 aromatic rings. The lowest BCUT2D eigenvalue weighted by Gasteiger charge is -2.18. The van der Waals surface area contributed by atoms with E-state index in [1.54, 1.807) is 18.3 Å². The quantitative estimate of drug-likeness (QED) is 0.866. The molecule has 0 aromatic carbocycles. The molecule has 5 nitrogen and oxygen atoms in total. The Morgan fingerprint density at radius 2 is 1.90 bits per heavy atom. The molecule has 0 radical (unpaired) electrons. The van der Waals surface area contributed by atoms with Crippen LogP contribution in [0.3, 0.4) is 0 Å². The van der Waals surface area contributed by atoms with Crippen LogP contribution in [0, 0.1) is 0 Å². The van der Waals surface area contributed by atoms with E-state index in [-0.39, 0.29) is 11.0 Å². The van der Waals surface area contributed by atoms with Gasteiger partial charge in [-0.15, -0.1) is 0 Å². The molecule has 2 heterocycles. The van der Waals surface area contributed by atoms with E-state index in [2.05, 4.69) is 30.9 Å². The zero-order chi connectivity index (χ0) is 15.6. The molecule has 0 aliphatic rings. The molecule has 0 bridgehead atoms. The maximum atomic E-state index is 12.0. The molecule has 0 N–H and O–H groups in total. The van der Waals surface area contributed by atoms with Crippen LogP contribution >= 0.6 is 0 Å². The minimum absolute atomic E-state index is 0.0809. The number of hydrogen-bond donors (Lipinski definition) is 0. The highest BCUT2D eigenvalue weighted by atomic mass is 16.1. The number of rotatable bonds is 3. The molecule has 0 saturated heterocycles. The maximum Gasteiger partial charge on any atom is 0.267 e. The van der Waals surface area contributed by atoms with E-state index in [4.69, 9.17) is 0 Å². The lowest BCUT2D eigenvalue weighted by atomic mass is 9.92. The number of anilines is 1. The van der Waals surface area contributed by atoms with Gasteiger partial charge in [-0.3, -0.25) is 4.79 Å². The molecule has 5 heteroatoms. The molecule has 2 aromatic heterocycles. The number of pyridine rings is 1. The summed E-state index contributed by atoms with van der Waals surface area (Å²) in [6.45, 7) is 6.70. The Morgan fingerprint density at radius 3 is 2.52 bits per heavy atom. The van der Waals surface area contributed by atoms with Crippen LogP contribution in [0.4, 0.5) is 5.82 Å². The van der Waals surface area contributed by atoms with E-state index >= 15 is 0 Å². The van der Waals surface area contributed by atoms with Crippen molar-refractivity contribution < 1.29 is 0 Å². The Morgan fingerprint density at radius 1 is 1.19 bits per heavy atom. The van der Waals surface area contributed by atoms with Crippen molar-refractivity contribution in [1.82, 2.24) is 14.8 Å². The van der Waals surface area contributed by atoms with Gasteiger partial charge in [0.25, 0.3) is 5.56 Å². The van der Waals surface area contributed by atoms with Crippen molar-refractivity contribution in [2.75, 3.05) is 19.0 Å². The van der Waals surface area contributed by atoms with Gasteiger partial charge in [-0.05, 0) is 23.8 Å². The third-order valence-electron chi connectivity index (χ3n) is 3.24. The summed E-state index contributed by atoms with van der Waals surface area (Å²) in [7, 11) is 3.88. The normalized spacial score (nSPS) is 11.5. The third-order valence-corrected chi connectivity index (χ3v) is 3.24. The van der Waals surface area contributed by atoms with Crippen LogP contribution in [0.25, 0.3) is 0 Å². The van der Waals surface area contributed by atoms with Crippen LogP contribution in [0.2, 0.25) is 0 Å². The second-order valence-corrected chi connectivity index (χ2v) is 6.38. The zero-order valence-corrected chi connectivity index (χ0v) is 13.3. The van der Waals surface area contributed by atoms with E-state index in [9.17, 15) is 4.79 Å². The first-order chi connectivity index (χ1) is 9.77. The van der Waals surface area contributed by atoms with Gasteiger partial charge in [0.05, 0.1) is 12.2 Å². The fraction of sp³-hybridized carbons (Fsp3) is 0.438. The Bertz CT molecular complexity index is 683. The Labute approximate surface area is 125 Å². The summed E-state index contributed by atoms with van der Waals surface area (Å²) in [6.07, 6.45) is 1.75. The van der Waals surface area contributed by atoms with Gasteiger partial charge in [-0.25, -0.2) is 9.67 Å². The highest BCUT2D eigenvalue weighted by molar-refractivity contribution is 5.39. The first-order valence-electron chi connectivity index (χ1n) is 6.98. The molecule has 0 fully saturated rings. The summed E-state index contributed by atoms with van der Waals surface area (Å²) >= 11 is 0. The monoisotopic (exact) mass is 286 g/mol. The van der Waals surface area contributed by atoms with E-state index < -0.39 is 0 Å².